The summed E-state index contributed by atoms with van der Waals surface area (Å²) < 4.78 is 0. The second kappa shape index (κ2) is 4.23. The molecule has 1 aliphatic rings. The third-order valence-corrected chi connectivity index (χ3v) is 2.37. The summed E-state index contributed by atoms with van der Waals surface area (Å²) in [5.41, 5.74) is 0. The van der Waals surface area contributed by atoms with Crippen molar-refractivity contribution in [2.24, 2.45) is 0 Å². The van der Waals surface area contributed by atoms with Crippen molar-refractivity contribution in [3.63, 3.8) is 0 Å². The maximum absolute atomic E-state index is 11.5. The molecule has 2 heterocycles. The molecule has 0 aromatic carbocycles. The molecule has 1 atom stereocenters. The zero-order chi connectivity index (χ0) is 9.80. The van der Waals surface area contributed by atoms with Gasteiger partial charge in [0, 0.05) is 18.5 Å². The number of carbonyl (C=O) groups excluding carboxylic acids is 1. The van der Waals surface area contributed by atoms with Gasteiger partial charge in [0.2, 0.25) is 5.91 Å². The van der Waals surface area contributed by atoms with E-state index in [0.717, 1.165) is 13.0 Å². The van der Waals surface area contributed by atoms with Crippen LogP contribution in [0.15, 0.2) is 12.3 Å². The number of H-pyrrole nitrogens is 1. The molecule has 1 amide bonds. The van der Waals surface area contributed by atoms with Crippen LogP contribution >= 0.6 is 0 Å². The number of nitrogens with zero attached hydrogens (tertiary/aromatic N) is 1. The minimum absolute atomic E-state index is 0.0358. The van der Waals surface area contributed by atoms with Crippen molar-refractivity contribution in [1.29, 1.82) is 0 Å². The topological polar surface area (TPSA) is 69.8 Å². The molecule has 1 fully saturated rings. The summed E-state index contributed by atoms with van der Waals surface area (Å²) in [6, 6.07) is 2.08. The predicted octanol–water partition coefficient (Wildman–Crippen LogP) is 0.490. The van der Waals surface area contributed by atoms with E-state index in [0.29, 0.717) is 18.3 Å². The number of hydrogen-bond donors (Lipinski definition) is 3. The fourth-order valence-corrected chi connectivity index (χ4v) is 1.68. The van der Waals surface area contributed by atoms with Crippen LogP contribution < -0.4 is 10.6 Å². The number of anilines is 1. The molecule has 0 aliphatic carbocycles. The largest absolute Gasteiger partial charge is 0.313 e. The number of nitrogens with one attached hydrogen (secondary N) is 3. The van der Waals surface area contributed by atoms with E-state index in [1.165, 1.54) is 6.42 Å². The van der Waals surface area contributed by atoms with Crippen molar-refractivity contribution in [2.45, 2.75) is 25.3 Å². The highest BCUT2D eigenvalue weighted by Crippen LogP contribution is 2.09. The van der Waals surface area contributed by atoms with Gasteiger partial charge in [-0.25, -0.2) is 0 Å². The molecular weight excluding hydrogens is 180 g/mol. The average Bonchev–Trinajstić information content (AvgIpc) is 2.76. The fourth-order valence-electron chi connectivity index (χ4n) is 1.68. The van der Waals surface area contributed by atoms with Gasteiger partial charge in [0.25, 0.3) is 0 Å². The molecule has 1 aliphatic heterocycles. The molecule has 3 N–H and O–H groups in total. The quantitative estimate of drug-likeness (QED) is 0.656. The van der Waals surface area contributed by atoms with E-state index in [-0.39, 0.29) is 5.91 Å². The van der Waals surface area contributed by atoms with Crippen LogP contribution in [0, 0.1) is 0 Å². The van der Waals surface area contributed by atoms with Gasteiger partial charge in [-0.3, -0.25) is 9.89 Å². The fraction of sp³-hybridized carbons (Fsp3) is 0.556. The van der Waals surface area contributed by atoms with Gasteiger partial charge >= 0.3 is 0 Å². The van der Waals surface area contributed by atoms with Crippen LogP contribution in [0.2, 0.25) is 0 Å². The van der Waals surface area contributed by atoms with Gasteiger partial charge in [0.15, 0.2) is 0 Å². The Morgan fingerprint density at radius 1 is 1.71 bits per heavy atom. The van der Waals surface area contributed by atoms with Crippen LogP contribution in [-0.4, -0.2) is 28.7 Å². The maximum Gasteiger partial charge on any atom is 0.227 e. The molecule has 0 saturated carbocycles. The Morgan fingerprint density at radius 2 is 2.64 bits per heavy atom. The van der Waals surface area contributed by atoms with Crippen molar-refractivity contribution < 1.29 is 4.79 Å². The van der Waals surface area contributed by atoms with Gasteiger partial charge in [-0.1, -0.05) is 0 Å². The Hall–Kier alpha value is -1.36. The summed E-state index contributed by atoms with van der Waals surface area (Å²) in [6.07, 6.45) is 4.42. The summed E-state index contributed by atoms with van der Waals surface area (Å²) in [5.74, 6) is 0.696. The predicted molar refractivity (Wildman–Crippen MR) is 52.9 cm³/mol. The highest BCUT2D eigenvalue weighted by molar-refractivity contribution is 5.90. The van der Waals surface area contributed by atoms with Crippen molar-refractivity contribution in [2.75, 3.05) is 11.9 Å². The van der Waals surface area contributed by atoms with Crippen molar-refractivity contribution >= 4 is 11.7 Å². The Morgan fingerprint density at radius 3 is 3.29 bits per heavy atom. The standard InChI is InChI=1S/C9H14N4O/c14-9(6-7-2-1-4-10-7)12-8-3-5-11-13-8/h3,5,7,10H,1-2,4,6H2,(H2,11,12,13,14). The van der Waals surface area contributed by atoms with Crippen LogP contribution in [0.5, 0.6) is 0 Å². The lowest BCUT2D eigenvalue weighted by Gasteiger charge is -2.08. The molecule has 1 aromatic heterocycles. The summed E-state index contributed by atoms with van der Waals surface area (Å²) >= 11 is 0. The summed E-state index contributed by atoms with van der Waals surface area (Å²) in [4.78, 5) is 11.5. The number of amides is 1. The lowest BCUT2D eigenvalue weighted by molar-refractivity contribution is -0.116. The first kappa shape index (κ1) is 9.21. The maximum atomic E-state index is 11.5. The lowest BCUT2D eigenvalue weighted by Crippen LogP contribution is -2.27. The molecule has 1 aromatic rings. The number of carbonyl (C=O) groups is 1. The van der Waals surface area contributed by atoms with Gasteiger partial charge in [-0.05, 0) is 19.4 Å². The smallest absolute Gasteiger partial charge is 0.227 e. The average molecular weight is 194 g/mol. The Labute approximate surface area is 82.3 Å². The molecule has 0 spiro atoms. The zero-order valence-corrected chi connectivity index (χ0v) is 7.92. The highest BCUT2D eigenvalue weighted by Gasteiger charge is 2.17. The molecule has 0 radical (unpaired) electrons. The Kier molecular flexibility index (Phi) is 2.78. The first-order valence-corrected chi connectivity index (χ1v) is 4.87. The minimum Gasteiger partial charge on any atom is -0.313 e. The number of aromatic amines is 1. The molecule has 1 unspecified atom stereocenters. The monoisotopic (exact) mass is 194 g/mol. The SMILES string of the molecule is O=C(CC1CCCN1)Nc1ccn[nH]1. The summed E-state index contributed by atoms with van der Waals surface area (Å²) in [6.45, 7) is 1.03. The molecule has 76 valence electrons. The molecule has 5 nitrogen and oxygen atoms in total. The van der Waals surface area contributed by atoms with Crippen LogP contribution in [0.3, 0.4) is 0 Å². The molecule has 0 bridgehead atoms. The lowest BCUT2D eigenvalue weighted by atomic mass is 10.1. The van der Waals surface area contributed by atoms with E-state index >= 15 is 0 Å². The normalized spacial score (nSPS) is 21.0. The second-order valence-corrected chi connectivity index (χ2v) is 3.52. The van der Waals surface area contributed by atoms with Crippen LogP contribution in [0.4, 0.5) is 5.82 Å². The highest BCUT2D eigenvalue weighted by atomic mass is 16.1. The number of hydrogen-bond acceptors (Lipinski definition) is 3. The van der Waals surface area contributed by atoms with Crippen molar-refractivity contribution in [1.82, 2.24) is 15.5 Å². The molecule has 2 rings (SSSR count). The van der Waals surface area contributed by atoms with Gasteiger partial charge in [-0.15, -0.1) is 0 Å². The third-order valence-electron chi connectivity index (χ3n) is 2.37. The van der Waals surface area contributed by atoms with E-state index < -0.39 is 0 Å². The Bertz CT molecular complexity index is 290. The second-order valence-electron chi connectivity index (χ2n) is 3.52. The Balaban J connectivity index is 1.78. The summed E-state index contributed by atoms with van der Waals surface area (Å²) in [7, 11) is 0. The van der Waals surface area contributed by atoms with Gasteiger partial charge in [-0.2, -0.15) is 5.10 Å². The number of aromatic nitrogens is 2. The molecule has 1 saturated heterocycles. The van der Waals surface area contributed by atoms with Crippen LogP contribution in [0.25, 0.3) is 0 Å². The zero-order valence-electron chi connectivity index (χ0n) is 7.92. The molecule has 14 heavy (non-hydrogen) atoms. The van der Waals surface area contributed by atoms with E-state index in [1.54, 1.807) is 12.3 Å². The van der Waals surface area contributed by atoms with Crippen molar-refractivity contribution in [3.05, 3.63) is 12.3 Å². The van der Waals surface area contributed by atoms with Gasteiger partial charge in [0.05, 0.1) is 6.20 Å². The van der Waals surface area contributed by atoms with Crippen LogP contribution in [-0.2, 0) is 4.79 Å². The minimum atomic E-state index is 0.0358. The molecular formula is C9H14N4O. The van der Waals surface area contributed by atoms with Crippen molar-refractivity contribution in [3.8, 4) is 0 Å². The van der Waals surface area contributed by atoms with E-state index in [4.69, 9.17) is 0 Å². The van der Waals surface area contributed by atoms with Crippen LogP contribution in [0.1, 0.15) is 19.3 Å². The number of rotatable bonds is 3. The third kappa shape index (κ3) is 2.32. The van der Waals surface area contributed by atoms with E-state index in [2.05, 4.69) is 20.8 Å². The molecule has 5 heteroatoms. The first-order valence-electron chi connectivity index (χ1n) is 4.87. The van der Waals surface area contributed by atoms with Gasteiger partial charge in [0.1, 0.15) is 5.82 Å². The van der Waals surface area contributed by atoms with E-state index in [9.17, 15) is 4.79 Å². The van der Waals surface area contributed by atoms with Gasteiger partial charge < -0.3 is 10.6 Å². The first-order chi connectivity index (χ1) is 6.84. The summed E-state index contributed by atoms with van der Waals surface area (Å²) in [5, 5.41) is 12.5. The van der Waals surface area contributed by atoms with E-state index in [1.807, 2.05) is 0 Å².